The molecule has 0 aliphatic rings. The average molecular weight is 539 g/mol. The van der Waals surface area contributed by atoms with Gasteiger partial charge in [0.1, 0.15) is 0 Å². The van der Waals surface area contributed by atoms with E-state index in [-0.39, 0.29) is 0 Å². The van der Waals surface area contributed by atoms with Crippen molar-refractivity contribution in [3.63, 3.8) is 0 Å². The minimum atomic E-state index is 0.543. The third-order valence-corrected chi connectivity index (χ3v) is 5.26. The SMILES string of the molecule is CCCCCCCOCCOCCOCCOCCOCCOCCOCCOCCOCCCCC. The van der Waals surface area contributed by atoms with E-state index in [1.807, 2.05) is 0 Å². The van der Waals surface area contributed by atoms with Gasteiger partial charge in [-0.2, -0.15) is 0 Å². The predicted octanol–water partition coefficient (Wildman–Crippen LogP) is 4.30. The molecule has 0 aromatic rings. The van der Waals surface area contributed by atoms with E-state index in [9.17, 15) is 0 Å². The Bertz CT molecular complexity index is 355. The van der Waals surface area contributed by atoms with Crippen molar-refractivity contribution >= 4 is 0 Å². The van der Waals surface area contributed by atoms with Crippen molar-refractivity contribution in [1.82, 2.24) is 0 Å². The van der Waals surface area contributed by atoms with E-state index in [0.29, 0.717) is 106 Å². The highest BCUT2D eigenvalue weighted by Gasteiger charge is 1.96. The Labute approximate surface area is 227 Å². The normalized spacial score (nSPS) is 11.5. The quantitative estimate of drug-likeness (QED) is 0.111. The van der Waals surface area contributed by atoms with Gasteiger partial charge in [-0.05, 0) is 12.8 Å². The molecule has 0 saturated heterocycles. The largest absolute Gasteiger partial charge is 0.379 e. The summed E-state index contributed by atoms with van der Waals surface area (Å²) in [5, 5.41) is 0. The summed E-state index contributed by atoms with van der Waals surface area (Å²) < 4.78 is 49.3. The van der Waals surface area contributed by atoms with Crippen molar-refractivity contribution in [1.29, 1.82) is 0 Å². The molecule has 0 N–H and O–H groups in total. The van der Waals surface area contributed by atoms with E-state index in [1.54, 1.807) is 0 Å². The molecule has 37 heavy (non-hydrogen) atoms. The summed E-state index contributed by atoms with van der Waals surface area (Å²) in [7, 11) is 0. The summed E-state index contributed by atoms with van der Waals surface area (Å²) in [6.07, 6.45) is 9.87. The maximum atomic E-state index is 5.55. The lowest BCUT2D eigenvalue weighted by atomic mass is 10.2. The van der Waals surface area contributed by atoms with Crippen LogP contribution in [0.2, 0.25) is 0 Å². The molecule has 0 bridgehead atoms. The van der Waals surface area contributed by atoms with Crippen LogP contribution < -0.4 is 0 Å². The Balaban J connectivity index is 3.00. The van der Waals surface area contributed by atoms with Crippen LogP contribution in [0.3, 0.4) is 0 Å². The lowest BCUT2D eigenvalue weighted by molar-refractivity contribution is -0.0250. The number of hydrogen-bond acceptors (Lipinski definition) is 9. The van der Waals surface area contributed by atoms with Gasteiger partial charge in [-0.15, -0.1) is 0 Å². The van der Waals surface area contributed by atoms with Gasteiger partial charge in [-0.1, -0.05) is 52.4 Å². The molecule has 0 aromatic carbocycles. The van der Waals surface area contributed by atoms with Crippen molar-refractivity contribution in [2.45, 2.75) is 65.2 Å². The Hall–Kier alpha value is -0.360. The second-order valence-corrected chi connectivity index (χ2v) is 8.63. The summed E-state index contributed by atoms with van der Waals surface area (Å²) in [6.45, 7) is 15.3. The van der Waals surface area contributed by atoms with E-state index in [2.05, 4.69) is 13.8 Å². The predicted molar refractivity (Wildman–Crippen MR) is 146 cm³/mol. The Kier molecular flexibility index (Phi) is 35.3. The van der Waals surface area contributed by atoms with E-state index >= 15 is 0 Å². The molecule has 0 aliphatic heterocycles. The summed E-state index contributed by atoms with van der Waals surface area (Å²) in [5.74, 6) is 0. The van der Waals surface area contributed by atoms with Gasteiger partial charge in [0.05, 0.1) is 106 Å². The highest BCUT2D eigenvalue weighted by atomic mass is 16.6. The molecular formula is C28H58O9. The van der Waals surface area contributed by atoms with Crippen LogP contribution in [0.15, 0.2) is 0 Å². The molecule has 0 heterocycles. The lowest BCUT2D eigenvalue weighted by Crippen LogP contribution is -2.15. The van der Waals surface area contributed by atoms with Gasteiger partial charge in [0.2, 0.25) is 0 Å². The fraction of sp³-hybridized carbons (Fsp3) is 1.00. The van der Waals surface area contributed by atoms with Crippen LogP contribution in [0.4, 0.5) is 0 Å². The van der Waals surface area contributed by atoms with Crippen LogP contribution in [0.1, 0.15) is 65.2 Å². The molecular weight excluding hydrogens is 480 g/mol. The molecule has 224 valence electrons. The smallest absolute Gasteiger partial charge is 0.0701 e. The third kappa shape index (κ3) is 35.6. The summed E-state index contributed by atoms with van der Waals surface area (Å²) >= 11 is 0. The number of ether oxygens (including phenoxy) is 9. The topological polar surface area (TPSA) is 83.1 Å². The van der Waals surface area contributed by atoms with Crippen LogP contribution >= 0.6 is 0 Å². The molecule has 9 nitrogen and oxygen atoms in total. The first-order chi connectivity index (χ1) is 18.4. The van der Waals surface area contributed by atoms with E-state index in [4.69, 9.17) is 42.6 Å². The zero-order valence-electron chi connectivity index (χ0n) is 24.1. The minimum absolute atomic E-state index is 0.543. The number of rotatable bonds is 34. The fourth-order valence-electron chi connectivity index (χ4n) is 3.12. The van der Waals surface area contributed by atoms with Gasteiger partial charge in [0, 0.05) is 13.2 Å². The average Bonchev–Trinajstić information content (AvgIpc) is 2.91. The number of hydrogen-bond donors (Lipinski definition) is 0. The molecule has 0 saturated carbocycles. The van der Waals surface area contributed by atoms with Crippen molar-refractivity contribution in [3.8, 4) is 0 Å². The third-order valence-electron chi connectivity index (χ3n) is 5.26. The summed E-state index contributed by atoms with van der Waals surface area (Å²) in [5.41, 5.74) is 0. The van der Waals surface area contributed by atoms with Crippen LogP contribution in [0.25, 0.3) is 0 Å². The van der Waals surface area contributed by atoms with Crippen LogP contribution in [0, 0.1) is 0 Å². The van der Waals surface area contributed by atoms with Crippen LogP contribution in [0.5, 0.6) is 0 Å². The van der Waals surface area contributed by atoms with Gasteiger partial charge in [0.15, 0.2) is 0 Å². The second kappa shape index (κ2) is 35.6. The molecule has 0 amide bonds. The maximum Gasteiger partial charge on any atom is 0.0701 e. The molecule has 0 aromatic heterocycles. The molecule has 0 unspecified atom stereocenters. The second-order valence-electron chi connectivity index (χ2n) is 8.63. The minimum Gasteiger partial charge on any atom is -0.379 e. The highest BCUT2D eigenvalue weighted by Crippen LogP contribution is 2.02. The first-order valence-corrected chi connectivity index (χ1v) is 14.6. The lowest BCUT2D eigenvalue weighted by Gasteiger charge is -2.09. The molecule has 0 rings (SSSR count). The van der Waals surface area contributed by atoms with Crippen LogP contribution in [-0.2, 0) is 42.6 Å². The first-order valence-electron chi connectivity index (χ1n) is 14.6. The molecule has 0 atom stereocenters. The van der Waals surface area contributed by atoms with Gasteiger partial charge in [-0.3, -0.25) is 0 Å². The van der Waals surface area contributed by atoms with E-state index < -0.39 is 0 Å². The van der Waals surface area contributed by atoms with Gasteiger partial charge in [-0.25, -0.2) is 0 Å². The standard InChI is InChI=1S/C28H58O9/c1-3-5-7-8-10-12-30-14-16-32-18-20-34-22-24-36-26-28-37-27-25-35-23-21-33-19-17-31-15-13-29-11-9-6-4-2/h3-28H2,1-2H3. The maximum absolute atomic E-state index is 5.55. The summed E-state index contributed by atoms with van der Waals surface area (Å²) in [6, 6.07) is 0. The van der Waals surface area contributed by atoms with Crippen LogP contribution in [-0.4, -0.2) is 119 Å². The van der Waals surface area contributed by atoms with Crippen molar-refractivity contribution in [2.24, 2.45) is 0 Å². The zero-order valence-corrected chi connectivity index (χ0v) is 24.1. The fourth-order valence-corrected chi connectivity index (χ4v) is 3.12. The van der Waals surface area contributed by atoms with Crippen molar-refractivity contribution in [2.75, 3.05) is 119 Å². The molecule has 0 fully saturated rings. The van der Waals surface area contributed by atoms with Gasteiger partial charge in [0.25, 0.3) is 0 Å². The molecule has 0 radical (unpaired) electrons. The summed E-state index contributed by atoms with van der Waals surface area (Å²) in [4.78, 5) is 0. The Morgan fingerprint density at radius 2 is 0.405 bits per heavy atom. The van der Waals surface area contributed by atoms with Gasteiger partial charge < -0.3 is 42.6 Å². The van der Waals surface area contributed by atoms with Gasteiger partial charge >= 0.3 is 0 Å². The first kappa shape index (κ1) is 36.6. The zero-order chi connectivity index (χ0) is 26.7. The van der Waals surface area contributed by atoms with E-state index in [0.717, 1.165) is 26.1 Å². The van der Waals surface area contributed by atoms with Crippen molar-refractivity contribution in [3.05, 3.63) is 0 Å². The molecule has 0 aliphatic carbocycles. The Morgan fingerprint density at radius 1 is 0.216 bits per heavy atom. The van der Waals surface area contributed by atoms with E-state index in [1.165, 1.54) is 38.5 Å². The highest BCUT2D eigenvalue weighted by molar-refractivity contribution is 4.42. The van der Waals surface area contributed by atoms with Crippen molar-refractivity contribution < 1.29 is 42.6 Å². The monoisotopic (exact) mass is 538 g/mol. The molecule has 9 heteroatoms. The Morgan fingerprint density at radius 3 is 0.676 bits per heavy atom. The molecule has 0 spiro atoms. The number of unbranched alkanes of at least 4 members (excludes halogenated alkanes) is 6.